The largest absolute Gasteiger partial charge is 0.397 e. The third-order valence-corrected chi connectivity index (χ3v) is 5.53. The van der Waals surface area contributed by atoms with Crippen molar-refractivity contribution in [2.24, 2.45) is 4.99 Å². The summed E-state index contributed by atoms with van der Waals surface area (Å²) in [6, 6.07) is 5.57. The highest BCUT2D eigenvalue weighted by atomic mass is 19.1. The number of hydrogen-bond acceptors (Lipinski definition) is 9. The second-order valence-corrected chi connectivity index (χ2v) is 7.46. The van der Waals surface area contributed by atoms with Crippen molar-refractivity contribution in [1.82, 2.24) is 10.3 Å². The van der Waals surface area contributed by atoms with E-state index in [4.69, 9.17) is 21.5 Å². The van der Waals surface area contributed by atoms with Crippen molar-refractivity contribution in [2.75, 3.05) is 16.8 Å². The lowest BCUT2D eigenvalue weighted by Crippen LogP contribution is -2.33. The van der Waals surface area contributed by atoms with Gasteiger partial charge in [-0.15, -0.1) is 0 Å². The molecule has 2 heterocycles. The van der Waals surface area contributed by atoms with Gasteiger partial charge in [0.25, 0.3) is 0 Å². The number of halogens is 1. The standard InChI is InChI=1S/C21H21FN8O/c22-12-5-6-14(11(7-12)9-31-13-3-1-2-4-13)18-16-17(25)15(8-23)19(26)29-20(16)30-21(28-18)27-10-24/h5-7,13,18H,1-4,9H2,(H6,25,26,27,28,29,30). The first-order valence-corrected chi connectivity index (χ1v) is 9.90. The number of guanidine groups is 1. The minimum atomic E-state index is -0.741. The van der Waals surface area contributed by atoms with Crippen LogP contribution < -0.4 is 22.1 Å². The predicted molar refractivity (Wildman–Crippen MR) is 113 cm³/mol. The van der Waals surface area contributed by atoms with Crippen molar-refractivity contribution >= 4 is 23.3 Å². The van der Waals surface area contributed by atoms with E-state index >= 15 is 0 Å². The molecule has 158 valence electrons. The minimum Gasteiger partial charge on any atom is -0.397 e. The Morgan fingerprint density at radius 2 is 2.03 bits per heavy atom. The molecule has 1 aliphatic carbocycles. The summed E-state index contributed by atoms with van der Waals surface area (Å²) in [5.74, 6) is -0.0165. The number of nitriles is 2. The number of aromatic nitrogens is 1. The van der Waals surface area contributed by atoms with Crippen molar-refractivity contribution in [3.8, 4) is 12.3 Å². The van der Waals surface area contributed by atoms with Gasteiger partial charge in [-0.1, -0.05) is 18.9 Å². The number of benzene rings is 1. The maximum Gasteiger partial charge on any atom is 0.211 e. The number of rotatable bonds is 4. The van der Waals surface area contributed by atoms with Crippen LogP contribution in [0.5, 0.6) is 0 Å². The first-order chi connectivity index (χ1) is 15.0. The molecule has 0 bridgehead atoms. The van der Waals surface area contributed by atoms with Gasteiger partial charge in [-0.25, -0.2) is 14.4 Å². The van der Waals surface area contributed by atoms with Gasteiger partial charge in [0.1, 0.15) is 35.1 Å². The van der Waals surface area contributed by atoms with Crippen LogP contribution in [0.15, 0.2) is 23.2 Å². The summed E-state index contributed by atoms with van der Waals surface area (Å²) < 4.78 is 20.1. The average Bonchev–Trinajstić information content (AvgIpc) is 3.26. The van der Waals surface area contributed by atoms with Crippen LogP contribution in [0.1, 0.15) is 54.0 Å². The summed E-state index contributed by atoms with van der Waals surface area (Å²) in [7, 11) is 0. The second-order valence-electron chi connectivity index (χ2n) is 7.46. The van der Waals surface area contributed by atoms with Crippen LogP contribution in [0.2, 0.25) is 0 Å². The van der Waals surface area contributed by atoms with E-state index in [1.54, 1.807) is 6.07 Å². The van der Waals surface area contributed by atoms with Gasteiger partial charge < -0.3 is 21.5 Å². The SMILES string of the molecule is N#CNC1=NC(c2ccc(F)cc2COC2CCCC2)c2c(nc(N)c(C#N)c2N)N1. The Balaban J connectivity index is 1.81. The quantitative estimate of drug-likeness (QED) is 0.434. The molecule has 0 spiro atoms. The summed E-state index contributed by atoms with van der Waals surface area (Å²) in [5, 5.41) is 23.8. The smallest absolute Gasteiger partial charge is 0.211 e. The van der Waals surface area contributed by atoms with E-state index < -0.39 is 11.9 Å². The van der Waals surface area contributed by atoms with Crippen LogP contribution >= 0.6 is 0 Å². The Morgan fingerprint density at radius 1 is 1.26 bits per heavy atom. The third kappa shape index (κ3) is 3.93. The first kappa shape index (κ1) is 20.4. The summed E-state index contributed by atoms with van der Waals surface area (Å²) in [6.45, 7) is 0.209. The monoisotopic (exact) mass is 420 g/mol. The van der Waals surface area contributed by atoms with Gasteiger partial charge in [0.05, 0.1) is 18.4 Å². The number of aliphatic imine (C=N–C) groups is 1. The molecule has 10 heteroatoms. The van der Waals surface area contributed by atoms with Gasteiger partial charge in [-0.2, -0.15) is 10.5 Å². The Labute approximate surface area is 178 Å². The van der Waals surface area contributed by atoms with Gasteiger partial charge in [0.15, 0.2) is 6.19 Å². The Kier molecular flexibility index (Phi) is 5.56. The molecule has 1 unspecified atom stereocenters. The summed E-state index contributed by atoms with van der Waals surface area (Å²) >= 11 is 0. The van der Waals surface area contributed by atoms with E-state index in [1.165, 1.54) is 12.1 Å². The molecule has 0 radical (unpaired) electrons. The summed E-state index contributed by atoms with van der Waals surface area (Å²) in [6.07, 6.45) is 6.16. The normalized spacial score (nSPS) is 17.8. The van der Waals surface area contributed by atoms with E-state index in [2.05, 4.69) is 20.6 Å². The summed E-state index contributed by atoms with van der Waals surface area (Å²) in [5.41, 5.74) is 14.0. The molecule has 9 nitrogen and oxygen atoms in total. The van der Waals surface area contributed by atoms with E-state index in [-0.39, 0.29) is 41.6 Å². The lowest BCUT2D eigenvalue weighted by Gasteiger charge is -2.27. The van der Waals surface area contributed by atoms with E-state index in [0.29, 0.717) is 16.7 Å². The number of nitrogen functional groups attached to an aromatic ring is 2. The lowest BCUT2D eigenvalue weighted by atomic mass is 9.92. The number of nitrogens with two attached hydrogens (primary N) is 2. The minimum absolute atomic E-state index is 0.0351. The molecule has 1 fully saturated rings. The zero-order valence-electron chi connectivity index (χ0n) is 16.7. The van der Waals surface area contributed by atoms with Gasteiger partial charge in [-0.3, -0.25) is 5.32 Å². The Bertz CT molecular complexity index is 1130. The average molecular weight is 420 g/mol. The molecule has 4 rings (SSSR count). The molecular weight excluding hydrogens is 399 g/mol. The topological polar surface area (TPSA) is 158 Å². The number of pyridine rings is 1. The zero-order chi connectivity index (χ0) is 22.0. The third-order valence-electron chi connectivity index (χ3n) is 5.53. The van der Waals surface area contributed by atoms with Gasteiger partial charge in [0, 0.05) is 5.56 Å². The molecule has 0 saturated heterocycles. The van der Waals surface area contributed by atoms with Crippen molar-refractivity contribution < 1.29 is 9.13 Å². The van der Waals surface area contributed by atoms with Crippen LogP contribution in [0.4, 0.5) is 21.7 Å². The summed E-state index contributed by atoms with van der Waals surface area (Å²) in [4.78, 5) is 8.78. The number of hydrogen-bond donors (Lipinski definition) is 4. The van der Waals surface area contributed by atoms with Gasteiger partial charge >= 0.3 is 0 Å². The van der Waals surface area contributed by atoms with Crippen LogP contribution in [0.25, 0.3) is 0 Å². The fraction of sp³-hybridized carbons (Fsp3) is 0.333. The molecular formula is C21H21FN8O. The molecule has 1 atom stereocenters. The second kappa shape index (κ2) is 8.46. The molecule has 1 aromatic carbocycles. The molecule has 1 aliphatic heterocycles. The molecule has 1 saturated carbocycles. The predicted octanol–water partition coefficient (Wildman–Crippen LogP) is 2.66. The zero-order valence-corrected chi connectivity index (χ0v) is 16.7. The molecule has 1 aromatic heterocycles. The number of nitrogens with one attached hydrogen (secondary N) is 2. The number of ether oxygens (including phenoxy) is 1. The van der Waals surface area contributed by atoms with E-state index in [9.17, 15) is 9.65 Å². The molecule has 0 amide bonds. The van der Waals surface area contributed by atoms with E-state index in [1.807, 2.05) is 12.3 Å². The Hall–Kier alpha value is -3.89. The lowest BCUT2D eigenvalue weighted by molar-refractivity contribution is 0.0451. The van der Waals surface area contributed by atoms with Crippen molar-refractivity contribution in [3.05, 3.63) is 46.3 Å². The highest BCUT2D eigenvalue weighted by molar-refractivity contribution is 5.98. The number of anilines is 3. The van der Waals surface area contributed by atoms with Crippen molar-refractivity contribution in [2.45, 2.75) is 44.4 Å². The van der Waals surface area contributed by atoms with Crippen LogP contribution in [-0.4, -0.2) is 17.0 Å². The number of nitrogens with zero attached hydrogens (tertiary/aromatic N) is 4. The van der Waals surface area contributed by atoms with Crippen LogP contribution in [-0.2, 0) is 11.3 Å². The van der Waals surface area contributed by atoms with Crippen LogP contribution in [0, 0.1) is 28.6 Å². The first-order valence-electron chi connectivity index (χ1n) is 9.90. The van der Waals surface area contributed by atoms with Crippen molar-refractivity contribution in [3.63, 3.8) is 0 Å². The molecule has 2 aromatic rings. The fourth-order valence-electron chi connectivity index (χ4n) is 4.03. The highest BCUT2D eigenvalue weighted by Gasteiger charge is 2.31. The van der Waals surface area contributed by atoms with E-state index in [0.717, 1.165) is 25.7 Å². The highest BCUT2D eigenvalue weighted by Crippen LogP contribution is 2.41. The molecule has 6 N–H and O–H groups in total. The Morgan fingerprint density at radius 3 is 2.74 bits per heavy atom. The van der Waals surface area contributed by atoms with Crippen molar-refractivity contribution in [1.29, 1.82) is 10.5 Å². The van der Waals surface area contributed by atoms with Crippen LogP contribution in [0.3, 0.4) is 0 Å². The number of fused-ring (bicyclic) bond motifs is 1. The fourth-order valence-corrected chi connectivity index (χ4v) is 4.03. The van der Waals surface area contributed by atoms with Gasteiger partial charge in [0.2, 0.25) is 5.96 Å². The molecule has 2 aliphatic rings. The maximum absolute atomic E-state index is 14.1. The molecule has 31 heavy (non-hydrogen) atoms. The van der Waals surface area contributed by atoms with Gasteiger partial charge in [-0.05, 0) is 36.1 Å². The maximum atomic E-state index is 14.1.